The van der Waals surface area contributed by atoms with E-state index in [0.29, 0.717) is 12.0 Å². The van der Waals surface area contributed by atoms with E-state index in [4.69, 9.17) is 10.5 Å². The molecule has 0 bridgehead atoms. The second kappa shape index (κ2) is 8.92. The van der Waals surface area contributed by atoms with Crippen LogP contribution < -0.4 is 15.8 Å². The Morgan fingerprint density at radius 3 is 2.67 bits per heavy atom. The number of benzene rings is 1. The third-order valence-corrected chi connectivity index (χ3v) is 4.34. The summed E-state index contributed by atoms with van der Waals surface area (Å²) < 4.78 is 5.63. The summed E-state index contributed by atoms with van der Waals surface area (Å²) >= 11 is 0. The van der Waals surface area contributed by atoms with E-state index in [0.717, 1.165) is 23.9 Å². The quantitative estimate of drug-likeness (QED) is 0.620. The topological polar surface area (TPSA) is 62.9 Å². The van der Waals surface area contributed by atoms with Gasteiger partial charge in [0.1, 0.15) is 5.75 Å². The van der Waals surface area contributed by atoms with Gasteiger partial charge >= 0.3 is 0 Å². The zero-order valence-electron chi connectivity index (χ0n) is 15.5. The average Bonchev–Trinajstić information content (AvgIpc) is 2.54. The number of nitrogens with zero attached hydrogens (tertiary/aromatic N) is 2. The van der Waals surface area contributed by atoms with Crippen LogP contribution in [0.2, 0.25) is 0 Å². The Morgan fingerprint density at radius 2 is 2.04 bits per heavy atom. The van der Waals surface area contributed by atoms with Crippen molar-refractivity contribution in [2.24, 2.45) is 16.6 Å². The van der Waals surface area contributed by atoms with Crippen LogP contribution in [0.1, 0.15) is 40.5 Å². The molecule has 2 unspecified atom stereocenters. The number of ether oxygens (including phenoxy) is 1. The highest BCUT2D eigenvalue weighted by molar-refractivity contribution is 5.92. The van der Waals surface area contributed by atoms with Crippen molar-refractivity contribution in [1.82, 2.24) is 4.90 Å². The zero-order valence-corrected chi connectivity index (χ0v) is 15.5. The Hall–Kier alpha value is -1.75. The lowest BCUT2D eigenvalue weighted by Crippen LogP contribution is -2.42. The number of aliphatic imine (C=N–C) groups is 1. The molecule has 1 aromatic carbocycles. The predicted molar refractivity (Wildman–Crippen MR) is 102 cm³/mol. The maximum absolute atomic E-state index is 6.02. The second-order valence-electron chi connectivity index (χ2n) is 7.13. The van der Waals surface area contributed by atoms with Gasteiger partial charge in [0.15, 0.2) is 5.96 Å². The first kappa shape index (κ1) is 18.6. The van der Waals surface area contributed by atoms with Crippen molar-refractivity contribution in [3.8, 4) is 5.75 Å². The van der Waals surface area contributed by atoms with Gasteiger partial charge in [0.05, 0.1) is 12.6 Å². The van der Waals surface area contributed by atoms with Gasteiger partial charge < -0.3 is 15.8 Å². The monoisotopic (exact) mass is 332 g/mol. The molecule has 0 aliphatic carbocycles. The molecule has 1 aliphatic heterocycles. The van der Waals surface area contributed by atoms with Crippen molar-refractivity contribution in [1.29, 1.82) is 0 Å². The Bertz CT molecular complexity index is 527. The Morgan fingerprint density at radius 1 is 1.33 bits per heavy atom. The van der Waals surface area contributed by atoms with Crippen LogP contribution in [0, 0.1) is 5.92 Å². The molecular weight excluding hydrogens is 300 g/mol. The summed E-state index contributed by atoms with van der Waals surface area (Å²) in [7, 11) is 0. The normalized spacial score (nSPS) is 20.9. The van der Waals surface area contributed by atoms with Crippen LogP contribution in [0.15, 0.2) is 29.3 Å². The molecule has 1 saturated heterocycles. The first-order valence-electron chi connectivity index (χ1n) is 9.01. The van der Waals surface area contributed by atoms with Crippen LogP contribution >= 0.6 is 0 Å². The van der Waals surface area contributed by atoms with Gasteiger partial charge in [0.25, 0.3) is 0 Å². The van der Waals surface area contributed by atoms with Crippen molar-refractivity contribution in [2.75, 3.05) is 25.0 Å². The summed E-state index contributed by atoms with van der Waals surface area (Å²) in [5, 5.41) is 3.14. The van der Waals surface area contributed by atoms with E-state index >= 15 is 0 Å². The number of guanidine groups is 1. The van der Waals surface area contributed by atoms with Gasteiger partial charge in [-0.2, -0.15) is 0 Å². The lowest BCUT2D eigenvalue weighted by Gasteiger charge is -2.34. The smallest absolute Gasteiger partial charge is 0.193 e. The standard InChI is InChI=1S/C19H32N4O/c1-14(2)24-18-9-7-17(8-10-18)22-19(20)21-12-16(4)23-11-5-6-15(3)13-23/h7-10,14-16H,5-6,11-13H2,1-4H3,(H3,20,21,22). The summed E-state index contributed by atoms with van der Waals surface area (Å²) in [5.74, 6) is 2.11. The molecule has 1 aliphatic rings. The molecule has 0 saturated carbocycles. The molecule has 5 heteroatoms. The van der Waals surface area contributed by atoms with E-state index in [2.05, 4.69) is 29.1 Å². The number of hydrogen-bond donors (Lipinski definition) is 2. The molecule has 0 amide bonds. The summed E-state index contributed by atoms with van der Waals surface area (Å²) in [4.78, 5) is 7.02. The van der Waals surface area contributed by atoms with E-state index in [1.807, 2.05) is 38.1 Å². The fourth-order valence-corrected chi connectivity index (χ4v) is 3.05. The molecule has 1 aromatic rings. The average molecular weight is 332 g/mol. The van der Waals surface area contributed by atoms with E-state index in [1.54, 1.807) is 0 Å². The molecule has 2 atom stereocenters. The predicted octanol–water partition coefficient (Wildman–Crippen LogP) is 3.32. The summed E-state index contributed by atoms with van der Waals surface area (Å²) in [5.41, 5.74) is 6.94. The minimum Gasteiger partial charge on any atom is -0.491 e. The molecule has 24 heavy (non-hydrogen) atoms. The third-order valence-electron chi connectivity index (χ3n) is 4.34. The second-order valence-corrected chi connectivity index (χ2v) is 7.13. The number of hydrogen-bond acceptors (Lipinski definition) is 3. The molecule has 1 fully saturated rings. The molecular formula is C19H32N4O. The summed E-state index contributed by atoms with van der Waals surface area (Å²) in [6.45, 7) is 11.6. The van der Waals surface area contributed by atoms with Gasteiger partial charge in [-0.1, -0.05) is 6.92 Å². The largest absolute Gasteiger partial charge is 0.491 e. The number of nitrogens with one attached hydrogen (secondary N) is 1. The fraction of sp³-hybridized carbons (Fsp3) is 0.632. The van der Waals surface area contributed by atoms with Crippen LogP contribution in [-0.2, 0) is 0 Å². The van der Waals surface area contributed by atoms with Crippen molar-refractivity contribution in [2.45, 2.75) is 52.7 Å². The summed E-state index contributed by atoms with van der Waals surface area (Å²) in [6.07, 6.45) is 2.80. The maximum Gasteiger partial charge on any atom is 0.193 e. The molecule has 0 spiro atoms. The summed E-state index contributed by atoms with van der Waals surface area (Å²) in [6, 6.07) is 8.21. The van der Waals surface area contributed by atoms with E-state index in [-0.39, 0.29) is 6.10 Å². The van der Waals surface area contributed by atoms with Crippen LogP contribution in [-0.4, -0.2) is 42.6 Å². The third kappa shape index (κ3) is 6.04. The van der Waals surface area contributed by atoms with Crippen molar-refractivity contribution >= 4 is 11.6 Å². The first-order chi connectivity index (χ1) is 11.4. The highest BCUT2D eigenvalue weighted by Crippen LogP contribution is 2.18. The Kier molecular flexibility index (Phi) is 6.91. The van der Waals surface area contributed by atoms with Crippen LogP contribution in [0.3, 0.4) is 0 Å². The minimum atomic E-state index is 0.175. The molecule has 2 rings (SSSR count). The number of likely N-dealkylation sites (tertiary alicyclic amines) is 1. The van der Waals surface area contributed by atoms with E-state index < -0.39 is 0 Å². The van der Waals surface area contributed by atoms with Gasteiger partial charge in [-0.3, -0.25) is 9.89 Å². The lowest BCUT2D eigenvalue weighted by atomic mass is 9.99. The van der Waals surface area contributed by atoms with E-state index in [9.17, 15) is 0 Å². The van der Waals surface area contributed by atoms with Gasteiger partial charge in [-0.05, 0) is 70.3 Å². The number of anilines is 1. The number of nitrogens with two attached hydrogens (primary N) is 1. The van der Waals surface area contributed by atoms with Crippen LogP contribution in [0.5, 0.6) is 5.75 Å². The van der Waals surface area contributed by atoms with Crippen molar-refractivity contribution in [3.05, 3.63) is 24.3 Å². The molecule has 1 heterocycles. The number of piperidine rings is 1. The molecule has 3 N–H and O–H groups in total. The molecule has 5 nitrogen and oxygen atoms in total. The van der Waals surface area contributed by atoms with Gasteiger partial charge in [-0.15, -0.1) is 0 Å². The van der Waals surface area contributed by atoms with Crippen molar-refractivity contribution < 1.29 is 4.74 Å². The zero-order chi connectivity index (χ0) is 17.5. The lowest BCUT2D eigenvalue weighted by molar-refractivity contribution is 0.142. The molecule has 0 radical (unpaired) electrons. The maximum atomic E-state index is 6.02. The Balaban J connectivity index is 1.82. The number of rotatable bonds is 6. The van der Waals surface area contributed by atoms with Gasteiger partial charge in [-0.25, -0.2) is 0 Å². The van der Waals surface area contributed by atoms with Crippen LogP contribution in [0.4, 0.5) is 5.69 Å². The van der Waals surface area contributed by atoms with Gasteiger partial charge in [0, 0.05) is 18.3 Å². The van der Waals surface area contributed by atoms with Crippen molar-refractivity contribution in [3.63, 3.8) is 0 Å². The SMILES string of the molecule is CC1CCCN(C(C)CN=C(N)Nc2ccc(OC(C)C)cc2)C1. The minimum absolute atomic E-state index is 0.175. The van der Waals surface area contributed by atoms with Gasteiger partial charge in [0.2, 0.25) is 0 Å². The first-order valence-corrected chi connectivity index (χ1v) is 9.01. The highest BCUT2D eigenvalue weighted by atomic mass is 16.5. The molecule has 0 aromatic heterocycles. The Labute approximate surface area is 146 Å². The fourth-order valence-electron chi connectivity index (χ4n) is 3.05. The highest BCUT2D eigenvalue weighted by Gasteiger charge is 2.20. The van der Waals surface area contributed by atoms with E-state index in [1.165, 1.54) is 25.9 Å². The molecule has 134 valence electrons. The van der Waals surface area contributed by atoms with Crippen LogP contribution in [0.25, 0.3) is 0 Å².